The Morgan fingerprint density at radius 2 is 1.78 bits per heavy atom. The van der Waals surface area contributed by atoms with E-state index in [4.69, 9.17) is 9.47 Å². The Balaban J connectivity index is 1.17. The van der Waals surface area contributed by atoms with Gasteiger partial charge in [-0.1, -0.05) is 18.2 Å². The number of anilines is 1. The van der Waals surface area contributed by atoms with Gasteiger partial charge >= 0.3 is 6.03 Å². The molecule has 0 aliphatic carbocycles. The normalized spacial score (nSPS) is 20.0. The van der Waals surface area contributed by atoms with Crippen molar-refractivity contribution in [1.82, 2.24) is 19.6 Å². The van der Waals surface area contributed by atoms with Crippen LogP contribution in [0, 0.1) is 5.82 Å². The SMILES string of the molecule is O=C(CN1CCN(c2cccc3c2cnn3-c2ccccc2F)C1=O)N1CCCC2(CC1)OCCO2. The monoisotopic (exact) mass is 493 g/mol. The Morgan fingerprint density at radius 1 is 0.972 bits per heavy atom. The van der Waals surface area contributed by atoms with Crippen LogP contribution < -0.4 is 4.90 Å². The number of nitrogens with zero attached hydrogens (tertiary/aromatic N) is 5. The number of likely N-dealkylation sites (tertiary alicyclic amines) is 1. The maximum atomic E-state index is 14.4. The number of carbonyl (C=O) groups excluding carboxylic acids is 2. The molecule has 3 aromatic rings. The van der Waals surface area contributed by atoms with Gasteiger partial charge in [0.15, 0.2) is 5.79 Å². The number of para-hydroxylation sites is 1. The first-order chi connectivity index (χ1) is 17.5. The zero-order chi connectivity index (χ0) is 24.7. The van der Waals surface area contributed by atoms with Crippen molar-refractivity contribution in [2.24, 2.45) is 0 Å². The predicted molar refractivity (Wildman–Crippen MR) is 130 cm³/mol. The summed E-state index contributed by atoms with van der Waals surface area (Å²) in [5.74, 6) is -0.993. The first-order valence-electron chi connectivity index (χ1n) is 12.4. The highest BCUT2D eigenvalue weighted by atomic mass is 19.1. The molecule has 3 amide bonds. The van der Waals surface area contributed by atoms with Crippen molar-refractivity contribution in [1.29, 1.82) is 0 Å². The summed E-state index contributed by atoms with van der Waals surface area (Å²) in [4.78, 5) is 31.5. The number of rotatable bonds is 4. The number of carbonyl (C=O) groups is 2. The molecule has 3 saturated heterocycles. The summed E-state index contributed by atoms with van der Waals surface area (Å²) < 4.78 is 27.6. The molecule has 9 nitrogen and oxygen atoms in total. The van der Waals surface area contributed by atoms with E-state index in [0.29, 0.717) is 62.7 Å². The smallest absolute Gasteiger partial charge is 0.325 e. The Morgan fingerprint density at radius 3 is 2.61 bits per heavy atom. The molecule has 36 heavy (non-hydrogen) atoms. The van der Waals surface area contributed by atoms with E-state index in [9.17, 15) is 14.0 Å². The molecule has 0 radical (unpaired) electrons. The van der Waals surface area contributed by atoms with E-state index in [1.54, 1.807) is 38.9 Å². The number of halogens is 1. The lowest BCUT2D eigenvalue weighted by Gasteiger charge is -2.26. The van der Waals surface area contributed by atoms with Gasteiger partial charge in [-0.3, -0.25) is 9.69 Å². The molecule has 3 fully saturated rings. The van der Waals surface area contributed by atoms with Gasteiger partial charge in [0.25, 0.3) is 0 Å². The first kappa shape index (κ1) is 22.9. The van der Waals surface area contributed by atoms with E-state index in [2.05, 4.69) is 5.10 Å². The van der Waals surface area contributed by atoms with Crippen LogP contribution in [0.3, 0.4) is 0 Å². The first-order valence-corrected chi connectivity index (χ1v) is 12.4. The van der Waals surface area contributed by atoms with Crippen LogP contribution in [0.25, 0.3) is 16.6 Å². The maximum Gasteiger partial charge on any atom is 0.325 e. The molecule has 0 atom stereocenters. The number of hydrogen-bond donors (Lipinski definition) is 0. The summed E-state index contributed by atoms with van der Waals surface area (Å²) in [6.45, 7) is 3.32. The van der Waals surface area contributed by atoms with Crippen molar-refractivity contribution in [2.45, 2.75) is 25.0 Å². The summed E-state index contributed by atoms with van der Waals surface area (Å²) in [6, 6.07) is 11.8. The highest BCUT2D eigenvalue weighted by molar-refractivity contribution is 6.04. The molecule has 1 aromatic heterocycles. The number of benzene rings is 2. The molecule has 0 unspecified atom stereocenters. The average Bonchev–Trinajstić information content (AvgIpc) is 3.57. The molecule has 6 rings (SSSR count). The van der Waals surface area contributed by atoms with Gasteiger partial charge in [-0.05, 0) is 30.7 Å². The van der Waals surface area contributed by atoms with E-state index in [0.717, 1.165) is 18.2 Å². The Hall–Kier alpha value is -3.50. The fourth-order valence-corrected chi connectivity index (χ4v) is 5.42. The van der Waals surface area contributed by atoms with Crippen LogP contribution >= 0.6 is 0 Å². The Bertz CT molecular complexity index is 1300. The highest BCUT2D eigenvalue weighted by Gasteiger charge is 2.39. The molecule has 2 aromatic carbocycles. The second kappa shape index (κ2) is 9.18. The molecular formula is C26H28FN5O4. The summed E-state index contributed by atoms with van der Waals surface area (Å²) in [5.41, 5.74) is 1.74. The van der Waals surface area contributed by atoms with Gasteiger partial charge in [-0.2, -0.15) is 5.10 Å². The number of urea groups is 1. The van der Waals surface area contributed by atoms with E-state index in [-0.39, 0.29) is 24.3 Å². The van der Waals surface area contributed by atoms with Gasteiger partial charge in [-0.25, -0.2) is 13.9 Å². The minimum atomic E-state index is -0.554. The molecule has 188 valence electrons. The molecule has 3 aliphatic rings. The standard InChI is InChI=1S/C26H28FN5O4/c27-20-5-1-2-6-23(20)32-22-8-3-7-21(19(22)17-28-32)31-14-13-30(25(31)34)18-24(33)29-11-4-9-26(10-12-29)35-15-16-36-26/h1-3,5-8,17H,4,9-16,18H2. The van der Waals surface area contributed by atoms with Crippen LogP contribution in [0.15, 0.2) is 48.7 Å². The fourth-order valence-electron chi connectivity index (χ4n) is 5.42. The topological polar surface area (TPSA) is 80.1 Å². The van der Waals surface area contributed by atoms with Crippen molar-refractivity contribution in [3.63, 3.8) is 0 Å². The van der Waals surface area contributed by atoms with Crippen LogP contribution in [0.1, 0.15) is 19.3 Å². The molecular weight excluding hydrogens is 465 g/mol. The minimum absolute atomic E-state index is 0.0362. The second-order valence-corrected chi connectivity index (χ2v) is 9.42. The lowest BCUT2D eigenvalue weighted by atomic mass is 10.1. The van der Waals surface area contributed by atoms with Crippen LogP contribution in [0.4, 0.5) is 14.9 Å². The number of aromatic nitrogens is 2. The van der Waals surface area contributed by atoms with Crippen molar-refractivity contribution >= 4 is 28.5 Å². The Labute approximate surface area is 207 Å². The number of ether oxygens (including phenoxy) is 2. The lowest BCUT2D eigenvalue weighted by molar-refractivity contribution is -0.164. The number of amides is 3. The van der Waals surface area contributed by atoms with Crippen molar-refractivity contribution < 1.29 is 23.5 Å². The van der Waals surface area contributed by atoms with Gasteiger partial charge in [0.05, 0.1) is 30.6 Å². The zero-order valence-electron chi connectivity index (χ0n) is 19.9. The largest absolute Gasteiger partial charge is 0.347 e. The lowest BCUT2D eigenvalue weighted by Crippen LogP contribution is -2.43. The summed E-state index contributed by atoms with van der Waals surface area (Å²) >= 11 is 0. The summed E-state index contributed by atoms with van der Waals surface area (Å²) in [7, 11) is 0. The third-order valence-corrected chi connectivity index (χ3v) is 7.30. The highest BCUT2D eigenvalue weighted by Crippen LogP contribution is 2.33. The van der Waals surface area contributed by atoms with E-state index >= 15 is 0 Å². The quantitative estimate of drug-likeness (QED) is 0.558. The third-order valence-electron chi connectivity index (χ3n) is 7.30. The van der Waals surface area contributed by atoms with Crippen molar-refractivity contribution in [3.05, 3.63) is 54.5 Å². The molecule has 0 bridgehead atoms. The van der Waals surface area contributed by atoms with Crippen LogP contribution in [-0.4, -0.2) is 83.2 Å². The molecule has 0 saturated carbocycles. The predicted octanol–water partition coefficient (Wildman–Crippen LogP) is 3.16. The maximum absolute atomic E-state index is 14.4. The van der Waals surface area contributed by atoms with Gasteiger partial charge < -0.3 is 19.3 Å². The van der Waals surface area contributed by atoms with Crippen LogP contribution in [-0.2, 0) is 14.3 Å². The zero-order valence-corrected chi connectivity index (χ0v) is 19.9. The second-order valence-electron chi connectivity index (χ2n) is 9.42. The van der Waals surface area contributed by atoms with Gasteiger partial charge in [-0.15, -0.1) is 0 Å². The summed E-state index contributed by atoms with van der Waals surface area (Å²) in [5, 5.41) is 5.14. The minimum Gasteiger partial charge on any atom is -0.347 e. The van der Waals surface area contributed by atoms with Gasteiger partial charge in [0.2, 0.25) is 5.91 Å². The van der Waals surface area contributed by atoms with Crippen LogP contribution in [0.5, 0.6) is 0 Å². The van der Waals surface area contributed by atoms with Crippen molar-refractivity contribution in [3.8, 4) is 5.69 Å². The van der Waals surface area contributed by atoms with Gasteiger partial charge in [0, 0.05) is 44.4 Å². The fraction of sp³-hybridized carbons (Fsp3) is 0.423. The number of fused-ring (bicyclic) bond motifs is 1. The molecule has 10 heteroatoms. The molecule has 1 spiro atoms. The number of hydrogen-bond acceptors (Lipinski definition) is 5. The molecule has 0 N–H and O–H groups in total. The molecule has 4 heterocycles. The molecule has 3 aliphatic heterocycles. The van der Waals surface area contributed by atoms with Crippen LogP contribution in [0.2, 0.25) is 0 Å². The van der Waals surface area contributed by atoms with E-state index in [1.807, 2.05) is 23.1 Å². The third kappa shape index (κ3) is 4.00. The van der Waals surface area contributed by atoms with Crippen molar-refractivity contribution in [2.75, 3.05) is 50.8 Å². The van der Waals surface area contributed by atoms with Gasteiger partial charge in [0.1, 0.15) is 18.0 Å². The summed E-state index contributed by atoms with van der Waals surface area (Å²) in [6.07, 6.45) is 3.88. The average molecular weight is 494 g/mol. The van der Waals surface area contributed by atoms with E-state index < -0.39 is 5.79 Å². The Kier molecular flexibility index (Phi) is 5.85. The van der Waals surface area contributed by atoms with E-state index in [1.165, 1.54) is 6.07 Å².